The summed E-state index contributed by atoms with van der Waals surface area (Å²) < 4.78 is 9.18. The second-order valence-corrected chi connectivity index (χ2v) is 5.01. The molecule has 3 unspecified atom stereocenters. The number of hydrogen-bond acceptors (Lipinski definition) is 4. The Kier molecular flexibility index (Phi) is 4.26. The van der Waals surface area contributed by atoms with Gasteiger partial charge in [0.25, 0.3) is 0 Å². The summed E-state index contributed by atoms with van der Waals surface area (Å²) in [6.45, 7) is 0. The number of carbonyl (C=O) groups excluding carboxylic acids is 2. The van der Waals surface area contributed by atoms with Crippen molar-refractivity contribution in [3.05, 3.63) is 12.2 Å². The highest BCUT2D eigenvalue weighted by atomic mass is 16.5. The lowest BCUT2D eigenvalue weighted by Crippen LogP contribution is -2.26. The molecule has 4 nitrogen and oxygen atoms in total. The number of ether oxygens (including phenoxy) is 2. The number of methoxy groups -OCH3 is 2. The summed E-state index contributed by atoms with van der Waals surface area (Å²) in [5.74, 6) is 5.61. The fourth-order valence-corrected chi connectivity index (χ4v) is 2.79. The van der Waals surface area contributed by atoms with Crippen molar-refractivity contribution in [2.75, 3.05) is 14.2 Å². The maximum atomic E-state index is 11.5. The van der Waals surface area contributed by atoms with Crippen LogP contribution in [0.15, 0.2) is 12.2 Å². The zero-order chi connectivity index (χ0) is 13.8. The molecule has 0 saturated heterocycles. The van der Waals surface area contributed by atoms with Crippen molar-refractivity contribution >= 4 is 11.9 Å². The van der Waals surface area contributed by atoms with E-state index in [9.17, 15) is 9.59 Å². The van der Waals surface area contributed by atoms with E-state index in [2.05, 4.69) is 33.5 Å². The first-order chi connectivity index (χ1) is 9.15. The van der Waals surface area contributed by atoms with Gasteiger partial charge in [-0.1, -0.05) is 18.1 Å². The predicted molar refractivity (Wildman–Crippen MR) is 68.8 cm³/mol. The van der Waals surface area contributed by atoms with Gasteiger partial charge in [-0.25, -0.2) is 0 Å². The van der Waals surface area contributed by atoms with Crippen LogP contribution < -0.4 is 0 Å². The van der Waals surface area contributed by atoms with Gasteiger partial charge in [0.2, 0.25) is 0 Å². The van der Waals surface area contributed by atoms with E-state index >= 15 is 0 Å². The second kappa shape index (κ2) is 5.92. The minimum Gasteiger partial charge on any atom is -0.468 e. The van der Waals surface area contributed by atoms with Gasteiger partial charge >= 0.3 is 11.9 Å². The minimum atomic E-state index is -0.934. The van der Waals surface area contributed by atoms with E-state index in [1.807, 2.05) is 0 Å². The molecule has 4 heteroatoms. The summed E-state index contributed by atoms with van der Waals surface area (Å²) in [5, 5.41) is 0. The number of carbonyl (C=O) groups is 2. The van der Waals surface area contributed by atoms with Gasteiger partial charge in [0, 0.05) is 12.3 Å². The molecular formula is C15H18O4. The monoisotopic (exact) mass is 262 g/mol. The second-order valence-electron chi connectivity index (χ2n) is 5.01. The molecule has 102 valence electrons. The van der Waals surface area contributed by atoms with Gasteiger partial charge in [-0.05, 0) is 24.7 Å². The van der Waals surface area contributed by atoms with Gasteiger partial charge in [-0.15, -0.1) is 5.92 Å². The molecule has 0 amide bonds. The average molecular weight is 262 g/mol. The quantitative estimate of drug-likeness (QED) is 0.335. The molecule has 0 aromatic carbocycles. The topological polar surface area (TPSA) is 52.6 Å². The van der Waals surface area contributed by atoms with Crippen LogP contribution in [0.4, 0.5) is 0 Å². The largest absolute Gasteiger partial charge is 0.468 e. The Morgan fingerprint density at radius 3 is 2.37 bits per heavy atom. The lowest BCUT2D eigenvalue weighted by atomic mass is 9.94. The Morgan fingerprint density at radius 1 is 1.21 bits per heavy atom. The van der Waals surface area contributed by atoms with Crippen LogP contribution in [0.25, 0.3) is 0 Å². The minimum absolute atomic E-state index is 0.164. The molecule has 0 heterocycles. The summed E-state index contributed by atoms with van der Waals surface area (Å²) in [4.78, 5) is 22.9. The molecule has 3 atom stereocenters. The maximum Gasteiger partial charge on any atom is 0.321 e. The van der Waals surface area contributed by atoms with Gasteiger partial charge in [0.05, 0.1) is 14.2 Å². The van der Waals surface area contributed by atoms with E-state index in [1.165, 1.54) is 20.6 Å². The van der Waals surface area contributed by atoms with Crippen molar-refractivity contribution < 1.29 is 19.1 Å². The van der Waals surface area contributed by atoms with E-state index in [0.717, 1.165) is 6.42 Å². The molecule has 0 aromatic rings. The molecule has 2 aliphatic carbocycles. The van der Waals surface area contributed by atoms with Crippen LogP contribution in [0, 0.1) is 35.5 Å². The van der Waals surface area contributed by atoms with Gasteiger partial charge in [0.15, 0.2) is 5.92 Å². The van der Waals surface area contributed by atoms with Crippen LogP contribution in [0.2, 0.25) is 0 Å². The summed E-state index contributed by atoms with van der Waals surface area (Å²) in [6, 6.07) is 0. The van der Waals surface area contributed by atoms with Crippen molar-refractivity contribution in [2.24, 2.45) is 23.7 Å². The van der Waals surface area contributed by atoms with Crippen LogP contribution in [-0.2, 0) is 19.1 Å². The third kappa shape index (κ3) is 2.98. The van der Waals surface area contributed by atoms with Crippen LogP contribution in [0.1, 0.15) is 19.3 Å². The molecule has 1 saturated carbocycles. The lowest BCUT2D eigenvalue weighted by molar-refractivity contribution is -0.158. The fraction of sp³-hybridized carbons (Fsp3) is 0.600. The number of hydrogen-bond donors (Lipinski definition) is 0. The Morgan fingerprint density at radius 2 is 1.89 bits per heavy atom. The maximum absolute atomic E-state index is 11.5. The van der Waals surface area contributed by atoms with E-state index in [1.54, 1.807) is 0 Å². The SMILES string of the molecule is COC(=O)C(CC#CC1CC2C=CC1C2)C(=O)OC. The van der Waals surface area contributed by atoms with Gasteiger partial charge in [0.1, 0.15) is 0 Å². The van der Waals surface area contributed by atoms with E-state index in [-0.39, 0.29) is 6.42 Å². The van der Waals surface area contributed by atoms with Gasteiger partial charge < -0.3 is 9.47 Å². The van der Waals surface area contributed by atoms with Crippen molar-refractivity contribution in [2.45, 2.75) is 19.3 Å². The molecule has 19 heavy (non-hydrogen) atoms. The third-order valence-electron chi connectivity index (χ3n) is 3.84. The first-order valence-electron chi connectivity index (χ1n) is 6.48. The molecular weight excluding hydrogens is 244 g/mol. The molecule has 0 radical (unpaired) electrons. The Hall–Kier alpha value is -1.76. The van der Waals surface area contributed by atoms with Crippen LogP contribution >= 0.6 is 0 Å². The van der Waals surface area contributed by atoms with Gasteiger partial charge in [-0.3, -0.25) is 9.59 Å². The zero-order valence-electron chi connectivity index (χ0n) is 11.2. The summed E-state index contributed by atoms with van der Waals surface area (Å²) >= 11 is 0. The van der Waals surface area contributed by atoms with E-state index in [0.29, 0.717) is 17.8 Å². The van der Waals surface area contributed by atoms with E-state index in [4.69, 9.17) is 0 Å². The number of allylic oxidation sites excluding steroid dienone is 2. The lowest BCUT2D eigenvalue weighted by Gasteiger charge is -2.11. The molecule has 0 aromatic heterocycles. The first-order valence-corrected chi connectivity index (χ1v) is 6.48. The standard InChI is InChI=1S/C15H18O4/c1-18-14(16)13(15(17)19-2)5-3-4-11-8-10-6-7-12(11)9-10/h6-7,10-13H,5,8-9H2,1-2H3. The average Bonchev–Trinajstić information content (AvgIpc) is 3.04. The summed E-state index contributed by atoms with van der Waals surface area (Å²) in [7, 11) is 2.51. The molecule has 0 N–H and O–H groups in total. The molecule has 2 bridgehead atoms. The van der Waals surface area contributed by atoms with Crippen molar-refractivity contribution in [3.63, 3.8) is 0 Å². The first kappa shape index (κ1) is 13.7. The molecule has 2 rings (SSSR count). The fourth-order valence-electron chi connectivity index (χ4n) is 2.79. The molecule has 0 spiro atoms. The normalized spacial score (nSPS) is 27.0. The third-order valence-corrected chi connectivity index (χ3v) is 3.84. The number of rotatable bonds is 3. The Bertz CT molecular complexity index is 439. The molecule has 2 aliphatic rings. The van der Waals surface area contributed by atoms with E-state index < -0.39 is 17.9 Å². The van der Waals surface area contributed by atoms with Crippen molar-refractivity contribution in [1.82, 2.24) is 0 Å². The number of esters is 2. The van der Waals surface area contributed by atoms with Crippen LogP contribution in [0.3, 0.4) is 0 Å². The highest BCUT2D eigenvalue weighted by Gasteiger charge is 2.34. The smallest absolute Gasteiger partial charge is 0.321 e. The summed E-state index contributed by atoms with van der Waals surface area (Å²) in [5.41, 5.74) is 0. The van der Waals surface area contributed by atoms with Crippen molar-refractivity contribution in [3.8, 4) is 11.8 Å². The van der Waals surface area contributed by atoms with Crippen molar-refractivity contribution in [1.29, 1.82) is 0 Å². The highest BCUT2D eigenvalue weighted by molar-refractivity contribution is 5.95. The Balaban J connectivity index is 1.94. The van der Waals surface area contributed by atoms with Gasteiger partial charge in [-0.2, -0.15) is 0 Å². The Labute approximate surface area is 113 Å². The molecule has 0 aliphatic heterocycles. The summed E-state index contributed by atoms with van der Waals surface area (Å²) in [6.07, 6.45) is 6.93. The van der Waals surface area contributed by atoms with Crippen LogP contribution in [-0.4, -0.2) is 26.2 Å². The zero-order valence-corrected chi connectivity index (χ0v) is 11.2. The van der Waals surface area contributed by atoms with Crippen LogP contribution in [0.5, 0.6) is 0 Å². The molecule has 1 fully saturated rings. The predicted octanol–water partition coefficient (Wildman–Crippen LogP) is 1.55. The number of fused-ring (bicyclic) bond motifs is 2. The highest BCUT2D eigenvalue weighted by Crippen LogP contribution is 2.42.